The van der Waals surface area contributed by atoms with Crippen molar-refractivity contribution in [2.24, 2.45) is 0 Å². The van der Waals surface area contributed by atoms with Crippen LogP contribution >= 0.6 is 11.3 Å². The van der Waals surface area contributed by atoms with Crippen LogP contribution in [-0.2, 0) is 0 Å². The monoisotopic (exact) mass is 323 g/mol. The van der Waals surface area contributed by atoms with Gasteiger partial charge in [0.1, 0.15) is 5.01 Å². The maximum Gasteiger partial charge on any atom is 0.253 e. The molecule has 2 aromatic carbocycles. The van der Waals surface area contributed by atoms with E-state index < -0.39 is 0 Å². The molecule has 4 rings (SSSR count). The van der Waals surface area contributed by atoms with Crippen LogP contribution in [0.3, 0.4) is 0 Å². The van der Waals surface area contributed by atoms with Gasteiger partial charge in [0, 0.05) is 37.3 Å². The number of nitrogens with one attached hydrogen (secondary N) is 1. The Labute approximate surface area is 138 Å². The van der Waals surface area contributed by atoms with E-state index in [4.69, 9.17) is 0 Å². The molecular weight excluding hydrogens is 306 g/mol. The highest BCUT2D eigenvalue weighted by Gasteiger charge is 2.18. The van der Waals surface area contributed by atoms with Crippen molar-refractivity contribution in [1.82, 2.24) is 15.2 Å². The van der Waals surface area contributed by atoms with Crippen molar-refractivity contribution in [2.75, 3.05) is 26.2 Å². The number of thiazole rings is 1. The number of aromatic nitrogens is 1. The summed E-state index contributed by atoms with van der Waals surface area (Å²) in [6.07, 6.45) is 0. The Morgan fingerprint density at radius 3 is 2.52 bits per heavy atom. The Kier molecular flexibility index (Phi) is 3.81. The van der Waals surface area contributed by atoms with Gasteiger partial charge in [0.25, 0.3) is 5.91 Å². The molecule has 2 heterocycles. The highest BCUT2D eigenvalue weighted by molar-refractivity contribution is 7.21. The Bertz CT molecular complexity index is 802. The second-order valence-electron chi connectivity index (χ2n) is 5.61. The molecule has 4 nitrogen and oxygen atoms in total. The minimum atomic E-state index is 0.113. The number of rotatable bonds is 2. The van der Waals surface area contributed by atoms with Crippen LogP contribution in [0.15, 0.2) is 48.5 Å². The molecule has 3 aromatic rings. The first kappa shape index (κ1) is 14.4. The van der Waals surface area contributed by atoms with E-state index in [1.54, 1.807) is 11.3 Å². The fourth-order valence-electron chi connectivity index (χ4n) is 2.80. The van der Waals surface area contributed by atoms with Crippen molar-refractivity contribution in [3.63, 3.8) is 0 Å². The van der Waals surface area contributed by atoms with Gasteiger partial charge < -0.3 is 10.2 Å². The number of amides is 1. The Balaban J connectivity index is 1.58. The van der Waals surface area contributed by atoms with E-state index in [1.807, 2.05) is 47.4 Å². The minimum Gasteiger partial charge on any atom is -0.336 e. The lowest BCUT2D eigenvalue weighted by atomic mass is 10.1. The molecule has 1 N–H and O–H groups in total. The molecule has 0 bridgehead atoms. The number of nitrogens with zero attached hydrogens (tertiary/aromatic N) is 2. The Morgan fingerprint density at radius 1 is 1.04 bits per heavy atom. The number of hydrogen-bond acceptors (Lipinski definition) is 4. The quantitative estimate of drug-likeness (QED) is 0.788. The lowest BCUT2D eigenvalue weighted by Crippen LogP contribution is -2.46. The van der Waals surface area contributed by atoms with E-state index in [0.717, 1.165) is 47.8 Å². The van der Waals surface area contributed by atoms with Gasteiger partial charge >= 0.3 is 0 Å². The number of piperazine rings is 1. The number of fused-ring (bicyclic) bond motifs is 1. The molecule has 0 saturated carbocycles. The predicted molar refractivity (Wildman–Crippen MR) is 93.8 cm³/mol. The number of benzene rings is 2. The van der Waals surface area contributed by atoms with Crippen LogP contribution in [0.2, 0.25) is 0 Å². The van der Waals surface area contributed by atoms with Crippen molar-refractivity contribution >= 4 is 27.5 Å². The molecule has 0 unspecified atom stereocenters. The van der Waals surface area contributed by atoms with Gasteiger partial charge in [0.05, 0.1) is 10.2 Å². The highest BCUT2D eigenvalue weighted by Crippen LogP contribution is 2.30. The molecule has 1 aliphatic rings. The SMILES string of the molecule is O=C(c1ccc(-c2nc3ccccc3s2)cc1)N1CCNCC1. The first-order chi connectivity index (χ1) is 11.3. The Morgan fingerprint density at radius 2 is 1.78 bits per heavy atom. The van der Waals surface area contributed by atoms with E-state index in [0.29, 0.717) is 0 Å². The summed E-state index contributed by atoms with van der Waals surface area (Å²) in [5.74, 6) is 0.113. The molecule has 1 fully saturated rings. The minimum absolute atomic E-state index is 0.113. The molecule has 0 radical (unpaired) electrons. The van der Waals surface area contributed by atoms with Crippen molar-refractivity contribution in [1.29, 1.82) is 0 Å². The van der Waals surface area contributed by atoms with Gasteiger partial charge in [-0.1, -0.05) is 24.3 Å². The summed E-state index contributed by atoms with van der Waals surface area (Å²) in [6, 6.07) is 15.9. The van der Waals surface area contributed by atoms with Crippen LogP contribution in [0.25, 0.3) is 20.8 Å². The molecule has 116 valence electrons. The first-order valence-electron chi connectivity index (χ1n) is 7.77. The standard InChI is InChI=1S/C18H17N3OS/c22-18(21-11-9-19-10-12-21)14-7-5-13(6-8-14)17-20-15-3-1-2-4-16(15)23-17/h1-8,19H,9-12H2. The second kappa shape index (κ2) is 6.10. The number of hydrogen-bond donors (Lipinski definition) is 1. The van der Waals surface area contributed by atoms with Crippen LogP contribution in [0, 0.1) is 0 Å². The summed E-state index contributed by atoms with van der Waals surface area (Å²) in [5.41, 5.74) is 2.83. The number of carbonyl (C=O) groups is 1. The van der Waals surface area contributed by atoms with Crippen molar-refractivity contribution in [3.8, 4) is 10.6 Å². The van der Waals surface area contributed by atoms with Gasteiger partial charge in [-0.25, -0.2) is 4.98 Å². The number of carbonyl (C=O) groups excluding carboxylic acids is 1. The third-order valence-electron chi connectivity index (χ3n) is 4.08. The molecule has 0 atom stereocenters. The van der Waals surface area contributed by atoms with Crippen molar-refractivity contribution in [2.45, 2.75) is 0 Å². The van der Waals surface area contributed by atoms with Gasteiger partial charge in [-0.15, -0.1) is 11.3 Å². The third-order valence-corrected chi connectivity index (χ3v) is 5.16. The molecule has 0 aliphatic carbocycles. The van der Waals surface area contributed by atoms with Gasteiger partial charge in [-0.2, -0.15) is 0 Å². The average molecular weight is 323 g/mol. The maximum absolute atomic E-state index is 12.5. The molecule has 1 amide bonds. The van der Waals surface area contributed by atoms with Gasteiger partial charge in [-0.3, -0.25) is 4.79 Å². The zero-order chi connectivity index (χ0) is 15.6. The van der Waals surface area contributed by atoms with E-state index in [1.165, 1.54) is 4.70 Å². The fourth-order valence-corrected chi connectivity index (χ4v) is 3.77. The molecule has 5 heteroatoms. The smallest absolute Gasteiger partial charge is 0.253 e. The van der Waals surface area contributed by atoms with Crippen molar-refractivity contribution < 1.29 is 4.79 Å². The van der Waals surface area contributed by atoms with Gasteiger partial charge in [0.2, 0.25) is 0 Å². The average Bonchev–Trinajstić information content (AvgIpc) is 3.06. The molecule has 1 saturated heterocycles. The molecular formula is C18H17N3OS. The summed E-state index contributed by atoms with van der Waals surface area (Å²) < 4.78 is 1.18. The lowest BCUT2D eigenvalue weighted by molar-refractivity contribution is 0.0736. The Hall–Kier alpha value is -2.24. The van der Waals surface area contributed by atoms with Crippen LogP contribution in [0.4, 0.5) is 0 Å². The van der Waals surface area contributed by atoms with Crippen LogP contribution in [-0.4, -0.2) is 42.0 Å². The summed E-state index contributed by atoms with van der Waals surface area (Å²) >= 11 is 1.68. The molecule has 0 spiro atoms. The van der Waals surface area contributed by atoms with E-state index in [9.17, 15) is 4.79 Å². The summed E-state index contributed by atoms with van der Waals surface area (Å²) in [6.45, 7) is 3.29. The van der Waals surface area contributed by atoms with Crippen LogP contribution in [0.1, 0.15) is 10.4 Å². The summed E-state index contributed by atoms with van der Waals surface area (Å²) in [5, 5.41) is 4.26. The predicted octanol–water partition coefficient (Wildman–Crippen LogP) is 3.01. The largest absolute Gasteiger partial charge is 0.336 e. The molecule has 23 heavy (non-hydrogen) atoms. The topological polar surface area (TPSA) is 45.2 Å². The fraction of sp³-hybridized carbons (Fsp3) is 0.222. The highest BCUT2D eigenvalue weighted by atomic mass is 32.1. The van der Waals surface area contributed by atoms with E-state index >= 15 is 0 Å². The van der Waals surface area contributed by atoms with Gasteiger partial charge in [-0.05, 0) is 24.3 Å². The first-order valence-corrected chi connectivity index (χ1v) is 8.59. The molecule has 1 aromatic heterocycles. The zero-order valence-corrected chi connectivity index (χ0v) is 13.5. The summed E-state index contributed by atoms with van der Waals surface area (Å²) in [7, 11) is 0. The third kappa shape index (κ3) is 2.85. The normalized spacial score (nSPS) is 15.0. The van der Waals surface area contributed by atoms with Gasteiger partial charge in [0.15, 0.2) is 0 Å². The van der Waals surface area contributed by atoms with Crippen LogP contribution in [0.5, 0.6) is 0 Å². The molecule has 1 aliphatic heterocycles. The zero-order valence-electron chi connectivity index (χ0n) is 12.7. The lowest BCUT2D eigenvalue weighted by Gasteiger charge is -2.27. The van der Waals surface area contributed by atoms with Crippen molar-refractivity contribution in [3.05, 3.63) is 54.1 Å². The van der Waals surface area contributed by atoms with E-state index in [-0.39, 0.29) is 5.91 Å². The summed E-state index contributed by atoms with van der Waals surface area (Å²) in [4.78, 5) is 19.0. The maximum atomic E-state index is 12.5. The second-order valence-corrected chi connectivity index (χ2v) is 6.64. The van der Waals surface area contributed by atoms with E-state index in [2.05, 4.69) is 16.4 Å². The van der Waals surface area contributed by atoms with Crippen LogP contribution < -0.4 is 5.32 Å². The number of para-hydroxylation sites is 1.